The standard InChI is InChI=1S/C11H20N6O2/c1-4-6-13-8(18)7-17(3)10-14-9(12)15-11(16-10)19-5-2/h4-7H2,1-3H3,(H,13,18)(H2,12,14,15,16). The molecule has 0 unspecified atom stereocenters. The van der Waals surface area contributed by atoms with Crippen molar-refractivity contribution in [2.24, 2.45) is 0 Å². The summed E-state index contributed by atoms with van der Waals surface area (Å²) in [7, 11) is 1.70. The fraction of sp³-hybridized carbons (Fsp3) is 0.636. The Bertz CT molecular complexity index is 426. The zero-order valence-electron chi connectivity index (χ0n) is 11.5. The van der Waals surface area contributed by atoms with E-state index in [1.165, 1.54) is 0 Å². The number of rotatable bonds is 7. The molecule has 0 aliphatic heterocycles. The number of anilines is 2. The average Bonchev–Trinajstić information content (AvgIpc) is 2.36. The third-order valence-electron chi connectivity index (χ3n) is 2.19. The molecule has 106 valence electrons. The summed E-state index contributed by atoms with van der Waals surface area (Å²) in [5.74, 6) is 0.276. The number of nitrogens with one attached hydrogen (secondary N) is 1. The van der Waals surface area contributed by atoms with Crippen molar-refractivity contribution in [1.29, 1.82) is 0 Å². The lowest BCUT2D eigenvalue weighted by Crippen LogP contribution is -2.36. The molecule has 1 rings (SSSR count). The van der Waals surface area contributed by atoms with Crippen LogP contribution in [0.4, 0.5) is 11.9 Å². The predicted octanol–water partition coefficient (Wildman–Crippen LogP) is -0.185. The van der Waals surface area contributed by atoms with Gasteiger partial charge in [-0.15, -0.1) is 0 Å². The van der Waals surface area contributed by atoms with Gasteiger partial charge in [-0.2, -0.15) is 15.0 Å². The van der Waals surface area contributed by atoms with Crippen molar-refractivity contribution >= 4 is 17.8 Å². The maximum absolute atomic E-state index is 11.6. The Kier molecular flexibility index (Phi) is 5.77. The smallest absolute Gasteiger partial charge is 0.323 e. The van der Waals surface area contributed by atoms with E-state index in [2.05, 4.69) is 20.3 Å². The van der Waals surface area contributed by atoms with E-state index in [0.717, 1.165) is 6.42 Å². The number of amides is 1. The van der Waals surface area contributed by atoms with Gasteiger partial charge in [0.05, 0.1) is 13.2 Å². The summed E-state index contributed by atoms with van der Waals surface area (Å²) in [6.45, 7) is 5.04. The van der Waals surface area contributed by atoms with Gasteiger partial charge in [0.25, 0.3) is 0 Å². The van der Waals surface area contributed by atoms with Gasteiger partial charge >= 0.3 is 6.01 Å². The summed E-state index contributed by atoms with van der Waals surface area (Å²) >= 11 is 0. The van der Waals surface area contributed by atoms with Crippen molar-refractivity contribution in [2.75, 3.05) is 37.4 Å². The minimum Gasteiger partial charge on any atom is -0.464 e. The fourth-order valence-corrected chi connectivity index (χ4v) is 1.33. The van der Waals surface area contributed by atoms with Gasteiger partial charge in [-0.05, 0) is 13.3 Å². The van der Waals surface area contributed by atoms with Crippen LogP contribution >= 0.6 is 0 Å². The Morgan fingerprint density at radius 2 is 2.11 bits per heavy atom. The average molecular weight is 268 g/mol. The van der Waals surface area contributed by atoms with Crippen LogP contribution < -0.4 is 20.7 Å². The number of hydrogen-bond acceptors (Lipinski definition) is 7. The minimum absolute atomic E-state index is 0.0641. The summed E-state index contributed by atoms with van der Waals surface area (Å²) < 4.78 is 5.18. The first kappa shape index (κ1) is 14.9. The molecule has 0 fully saturated rings. The van der Waals surface area contributed by atoms with Crippen molar-refractivity contribution in [2.45, 2.75) is 20.3 Å². The monoisotopic (exact) mass is 268 g/mol. The van der Waals surface area contributed by atoms with Crippen LogP contribution in [-0.4, -0.2) is 47.6 Å². The first-order chi connectivity index (χ1) is 9.06. The highest BCUT2D eigenvalue weighted by molar-refractivity contribution is 5.80. The Hall–Kier alpha value is -2.12. The second-order valence-electron chi connectivity index (χ2n) is 3.92. The molecule has 0 aliphatic rings. The Balaban J connectivity index is 2.70. The summed E-state index contributed by atoms with van der Waals surface area (Å²) in [6, 6.07) is 0.158. The topological polar surface area (TPSA) is 106 Å². The van der Waals surface area contributed by atoms with Crippen molar-refractivity contribution in [1.82, 2.24) is 20.3 Å². The lowest BCUT2D eigenvalue weighted by atomic mass is 10.4. The Labute approximate surface area is 112 Å². The molecule has 0 spiro atoms. The number of carbonyl (C=O) groups excluding carboxylic acids is 1. The van der Waals surface area contributed by atoms with Crippen LogP contribution in [0.5, 0.6) is 6.01 Å². The van der Waals surface area contributed by atoms with E-state index in [9.17, 15) is 4.79 Å². The van der Waals surface area contributed by atoms with Crippen molar-refractivity contribution < 1.29 is 9.53 Å². The van der Waals surface area contributed by atoms with E-state index in [0.29, 0.717) is 19.1 Å². The van der Waals surface area contributed by atoms with Crippen LogP contribution in [0.25, 0.3) is 0 Å². The van der Waals surface area contributed by atoms with E-state index >= 15 is 0 Å². The third-order valence-corrected chi connectivity index (χ3v) is 2.19. The van der Waals surface area contributed by atoms with Gasteiger partial charge in [0.1, 0.15) is 0 Å². The summed E-state index contributed by atoms with van der Waals surface area (Å²) in [6.07, 6.45) is 0.892. The normalized spacial score (nSPS) is 10.1. The second kappa shape index (κ2) is 7.34. The molecule has 1 aromatic rings. The van der Waals surface area contributed by atoms with E-state index in [-0.39, 0.29) is 24.4 Å². The third kappa shape index (κ3) is 4.94. The van der Waals surface area contributed by atoms with E-state index < -0.39 is 0 Å². The number of nitrogens with two attached hydrogens (primary N) is 1. The van der Waals surface area contributed by atoms with Gasteiger partial charge < -0.3 is 20.7 Å². The zero-order chi connectivity index (χ0) is 14.3. The summed E-state index contributed by atoms with van der Waals surface area (Å²) in [5, 5.41) is 2.77. The number of nitrogen functional groups attached to an aromatic ring is 1. The first-order valence-electron chi connectivity index (χ1n) is 6.19. The van der Waals surface area contributed by atoms with E-state index in [4.69, 9.17) is 10.5 Å². The van der Waals surface area contributed by atoms with Gasteiger partial charge in [0.15, 0.2) is 0 Å². The number of ether oxygens (including phenoxy) is 1. The molecule has 0 saturated carbocycles. The van der Waals surface area contributed by atoms with Gasteiger partial charge in [0.2, 0.25) is 17.8 Å². The summed E-state index contributed by atoms with van der Waals surface area (Å²) in [4.78, 5) is 25.1. The van der Waals surface area contributed by atoms with E-state index in [1.54, 1.807) is 11.9 Å². The molecule has 0 atom stereocenters. The molecule has 1 aromatic heterocycles. The van der Waals surface area contributed by atoms with Crippen molar-refractivity contribution in [3.05, 3.63) is 0 Å². The number of hydrogen-bond donors (Lipinski definition) is 2. The molecule has 19 heavy (non-hydrogen) atoms. The maximum Gasteiger partial charge on any atom is 0.323 e. The van der Waals surface area contributed by atoms with Crippen LogP contribution in [0.3, 0.4) is 0 Å². The molecular formula is C11H20N6O2. The maximum atomic E-state index is 11.6. The molecule has 0 saturated heterocycles. The molecule has 3 N–H and O–H groups in total. The number of likely N-dealkylation sites (N-methyl/N-ethyl adjacent to an activating group) is 1. The molecule has 0 aromatic carbocycles. The van der Waals surface area contributed by atoms with Crippen molar-refractivity contribution in [3.8, 4) is 6.01 Å². The van der Waals surface area contributed by atoms with Crippen LogP contribution in [0, 0.1) is 0 Å². The summed E-state index contributed by atoms with van der Waals surface area (Å²) in [5.41, 5.74) is 5.57. The largest absolute Gasteiger partial charge is 0.464 e. The number of nitrogens with zero attached hydrogens (tertiary/aromatic N) is 4. The molecule has 0 bridgehead atoms. The number of carbonyl (C=O) groups is 1. The number of aromatic nitrogens is 3. The highest BCUT2D eigenvalue weighted by Crippen LogP contribution is 2.11. The van der Waals surface area contributed by atoms with Crippen LogP contribution in [0.2, 0.25) is 0 Å². The zero-order valence-corrected chi connectivity index (χ0v) is 11.5. The Morgan fingerprint density at radius 1 is 1.37 bits per heavy atom. The molecule has 1 heterocycles. The molecule has 8 nitrogen and oxygen atoms in total. The van der Waals surface area contributed by atoms with Gasteiger partial charge in [-0.3, -0.25) is 4.79 Å². The first-order valence-corrected chi connectivity index (χ1v) is 6.19. The van der Waals surface area contributed by atoms with Gasteiger partial charge in [-0.1, -0.05) is 6.92 Å². The van der Waals surface area contributed by atoms with Crippen LogP contribution in [0.1, 0.15) is 20.3 Å². The molecule has 1 amide bonds. The van der Waals surface area contributed by atoms with Crippen molar-refractivity contribution in [3.63, 3.8) is 0 Å². The van der Waals surface area contributed by atoms with Crippen LogP contribution in [0.15, 0.2) is 0 Å². The highest BCUT2D eigenvalue weighted by atomic mass is 16.5. The molecule has 0 radical (unpaired) electrons. The fourth-order valence-electron chi connectivity index (χ4n) is 1.33. The van der Waals surface area contributed by atoms with E-state index in [1.807, 2.05) is 13.8 Å². The van der Waals surface area contributed by atoms with Gasteiger partial charge in [0, 0.05) is 13.6 Å². The SMILES string of the molecule is CCCNC(=O)CN(C)c1nc(N)nc(OCC)n1. The quantitative estimate of drug-likeness (QED) is 0.706. The predicted molar refractivity (Wildman–Crippen MR) is 72.0 cm³/mol. The molecule has 8 heteroatoms. The molecule has 0 aliphatic carbocycles. The lowest BCUT2D eigenvalue weighted by Gasteiger charge is -2.17. The Morgan fingerprint density at radius 3 is 2.74 bits per heavy atom. The van der Waals surface area contributed by atoms with Crippen LogP contribution in [-0.2, 0) is 4.79 Å². The van der Waals surface area contributed by atoms with Gasteiger partial charge in [-0.25, -0.2) is 0 Å². The second-order valence-corrected chi connectivity index (χ2v) is 3.92. The highest BCUT2D eigenvalue weighted by Gasteiger charge is 2.12. The molecular weight excluding hydrogens is 248 g/mol. The minimum atomic E-state index is -0.0960. The lowest BCUT2D eigenvalue weighted by molar-refractivity contribution is -0.119.